The maximum Gasteiger partial charge on any atom is 0.339 e. The van der Waals surface area contributed by atoms with Crippen LogP contribution in [0.3, 0.4) is 0 Å². The fraction of sp³-hybridized carbons (Fsp3) is 0.368. The first-order valence-corrected chi connectivity index (χ1v) is 9.49. The first-order valence-electron chi connectivity index (χ1n) is 8.08. The Labute approximate surface area is 145 Å². The Balaban J connectivity index is 2.18. The van der Waals surface area contributed by atoms with Crippen molar-refractivity contribution in [3.05, 3.63) is 59.7 Å². The average molecular weight is 347 g/mol. The molecule has 0 aliphatic carbocycles. The SMILES string of the molecule is CCC(Cc1cccc(OS(=O)(=O)c2ccc(C)cc2)c1)N(C)C. The Morgan fingerprint density at radius 1 is 1.08 bits per heavy atom. The third-order valence-electron chi connectivity index (χ3n) is 4.09. The molecule has 24 heavy (non-hydrogen) atoms. The normalized spacial score (nSPS) is 13.0. The Kier molecular flexibility index (Phi) is 6.02. The molecular weight excluding hydrogens is 322 g/mol. The van der Waals surface area contributed by atoms with Crippen LogP contribution >= 0.6 is 0 Å². The number of aryl methyl sites for hydroxylation is 1. The minimum atomic E-state index is -3.81. The predicted molar refractivity (Wildman–Crippen MR) is 96.9 cm³/mol. The van der Waals surface area contributed by atoms with Crippen LogP contribution in [-0.2, 0) is 16.5 Å². The molecule has 1 atom stereocenters. The van der Waals surface area contributed by atoms with Gasteiger partial charge in [-0.05, 0) is 63.7 Å². The molecule has 130 valence electrons. The van der Waals surface area contributed by atoms with Crippen molar-refractivity contribution in [2.75, 3.05) is 14.1 Å². The molecule has 0 bridgehead atoms. The molecule has 0 aliphatic heterocycles. The fourth-order valence-corrected chi connectivity index (χ4v) is 3.49. The van der Waals surface area contributed by atoms with Crippen molar-refractivity contribution in [2.24, 2.45) is 0 Å². The van der Waals surface area contributed by atoms with Crippen LogP contribution < -0.4 is 4.18 Å². The summed E-state index contributed by atoms with van der Waals surface area (Å²) in [4.78, 5) is 2.34. The zero-order chi connectivity index (χ0) is 17.7. The van der Waals surface area contributed by atoms with Gasteiger partial charge in [0.2, 0.25) is 0 Å². The van der Waals surface area contributed by atoms with Crippen molar-refractivity contribution < 1.29 is 12.6 Å². The van der Waals surface area contributed by atoms with Gasteiger partial charge < -0.3 is 9.08 Å². The van der Waals surface area contributed by atoms with Crippen LogP contribution in [0, 0.1) is 6.92 Å². The largest absolute Gasteiger partial charge is 0.379 e. The Hall–Kier alpha value is -1.85. The summed E-state index contributed by atoms with van der Waals surface area (Å²) in [6, 6.07) is 14.4. The van der Waals surface area contributed by atoms with Gasteiger partial charge in [-0.15, -0.1) is 0 Å². The van der Waals surface area contributed by atoms with E-state index >= 15 is 0 Å². The summed E-state index contributed by atoms with van der Waals surface area (Å²) in [5, 5.41) is 0. The van der Waals surface area contributed by atoms with Crippen LogP contribution in [0.1, 0.15) is 24.5 Å². The van der Waals surface area contributed by atoms with E-state index in [1.165, 1.54) is 0 Å². The highest BCUT2D eigenvalue weighted by atomic mass is 32.2. The zero-order valence-electron chi connectivity index (χ0n) is 14.7. The van der Waals surface area contributed by atoms with E-state index < -0.39 is 10.1 Å². The second kappa shape index (κ2) is 7.81. The molecule has 0 aliphatic rings. The van der Waals surface area contributed by atoms with Crippen LogP contribution in [0.15, 0.2) is 53.4 Å². The number of nitrogens with zero attached hydrogens (tertiary/aromatic N) is 1. The molecule has 0 amide bonds. The molecule has 0 saturated heterocycles. The number of benzene rings is 2. The average Bonchev–Trinajstić information content (AvgIpc) is 2.52. The number of likely N-dealkylation sites (N-methyl/N-ethyl adjacent to an activating group) is 1. The van der Waals surface area contributed by atoms with E-state index in [0.717, 1.165) is 24.0 Å². The van der Waals surface area contributed by atoms with Gasteiger partial charge in [0.15, 0.2) is 0 Å². The van der Waals surface area contributed by atoms with E-state index in [2.05, 4.69) is 25.9 Å². The summed E-state index contributed by atoms with van der Waals surface area (Å²) in [6.45, 7) is 4.06. The Bertz CT molecular complexity index is 767. The molecule has 5 heteroatoms. The van der Waals surface area contributed by atoms with E-state index in [-0.39, 0.29) is 4.90 Å². The van der Waals surface area contributed by atoms with Gasteiger partial charge in [0.1, 0.15) is 10.6 Å². The van der Waals surface area contributed by atoms with E-state index in [0.29, 0.717) is 11.8 Å². The zero-order valence-corrected chi connectivity index (χ0v) is 15.5. The molecule has 2 aromatic carbocycles. The van der Waals surface area contributed by atoms with Gasteiger partial charge in [0, 0.05) is 6.04 Å². The van der Waals surface area contributed by atoms with Gasteiger partial charge in [-0.25, -0.2) is 0 Å². The number of hydrogen-bond acceptors (Lipinski definition) is 4. The third kappa shape index (κ3) is 4.82. The highest BCUT2D eigenvalue weighted by molar-refractivity contribution is 7.87. The highest BCUT2D eigenvalue weighted by Gasteiger charge is 2.17. The minimum Gasteiger partial charge on any atom is -0.379 e. The fourth-order valence-electron chi connectivity index (χ4n) is 2.57. The number of hydrogen-bond donors (Lipinski definition) is 0. The first-order chi connectivity index (χ1) is 11.3. The van der Waals surface area contributed by atoms with E-state index in [4.69, 9.17) is 4.18 Å². The van der Waals surface area contributed by atoms with Crippen molar-refractivity contribution in [3.63, 3.8) is 0 Å². The van der Waals surface area contributed by atoms with E-state index in [1.54, 1.807) is 36.4 Å². The van der Waals surface area contributed by atoms with Crippen molar-refractivity contribution >= 4 is 10.1 Å². The van der Waals surface area contributed by atoms with Crippen LogP contribution in [0.5, 0.6) is 5.75 Å². The smallest absolute Gasteiger partial charge is 0.339 e. The molecule has 1 unspecified atom stereocenters. The summed E-state index contributed by atoms with van der Waals surface area (Å²) in [5.41, 5.74) is 2.07. The maximum atomic E-state index is 12.4. The van der Waals surface area contributed by atoms with Gasteiger partial charge in [-0.3, -0.25) is 0 Å². The van der Waals surface area contributed by atoms with Gasteiger partial charge in [0.25, 0.3) is 0 Å². The van der Waals surface area contributed by atoms with E-state index in [1.807, 2.05) is 19.1 Å². The van der Waals surface area contributed by atoms with Crippen molar-refractivity contribution in [1.29, 1.82) is 0 Å². The summed E-state index contributed by atoms with van der Waals surface area (Å²) in [5.74, 6) is 0.349. The lowest BCUT2D eigenvalue weighted by Crippen LogP contribution is -2.29. The van der Waals surface area contributed by atoms with Crippen LogP contribution in [0.2, 0.25) is 0 Å². The van der Waals surface area contributed by atoms with E-state index in [9.17, 15) is 8.42 Å². The van der Waals surface area contributed by atoms with Crippen LogP contribution in [-0.4, -0.2) is 33.5 Å². The van der Waals surface area contributed by atoms with Gasteiger partial charge in [-0.1, -0.05) is 36.8 Å². The summed E-state index contributed by atoms with van der Waals surface area (Å²) < 4.78 is 30.1. The van der Waals surface area contributed by atoms with Crippen molar-refractivity contribution in [3.8, 4) is 5.75 Å². The van der Waals surface area contributed by atoms with Gasteiger partial charge >= 0.3 is 10.1 Å². The van der Waals surface area contributed by atoms with Crippen molar-refractivity contribution in [1.82, 2.24) is 4.90 Å². The third-order valence-corrected chi connectivity index (χ3v) is 5.35. The highest BCUT2D eigenvalue weighted by Crippen LogP contribution is 2.21. The quantitative estimate of drug-likeness (QED) is 0.717. The van der Waals surface area contributed by atoms with Crippen LogP contribution in [0.25, 0.3) is 0 Å². The molecule has 0 fully saturated rings. The Morgan fingerprint density at radius 3 is 2.33 bits per heavy atom. The first kappa shape index (κ1) is 18.5. The molecular formula is C19H25NO3S. The molecule has 0 spiro atoms. The molecule has 0 saturated carbocycles. The standard InChI is InChI=1S/C19H25NO3S/c1-5-17(20(3)4)13-16-7-6-8-18(14-16)23-24(21,22)19-11-9-15(2)10-12-19/h6-12,14,17H,5,13H2,1-4H3. The molecule has 0 radical (unpaired) electrons. The number of rotatable bonds is 7. The lowest BCUT2D eigenvalue weighted by atomic mass is 10.0. The van der Waals surface area contributed by atoms with Crippen LogP contribution in [0.4, 0.5) is 0 Å². The summed E-state index contributed by atoms with van der Waals surface area (Å²) in [7, 11) is 0.296. The van der Waals surface area contributed by atoms with Crippen molar-refractivity contribution in [2.45, 2.75) is 37.6 Å². The summed E-state index contributed by atoms with van der Waals surface area (Å²) in [6.07, 6.45) is 1.88. The molecule has 4 nitrogen and oxygen atoms in total. The molecule has 2 rings (SSSR count). The molecule has 0 N–H and O–H groups in total. The van der Waals surface area contributed by atoms with Gasteiger partial charge in [0.05, 0.1) is 0 Å². The Morgan fingerprint density at radius 2 is 1.75 bits per heavy atom. The topological polar surface area (TPSA) is 46.6 Å². The second-order valence-electron chi connectivity index (χ2n) is 6.23. The summed E-state index contributed by atoms with van der Waals surface area (Å²) >= 11 is 0. The second-order valence-corrected chi connectivity index (χ2v) is 7.77. The molecule has 0 heterocycles. The maximum absolute atomic E-state index is 12.4. The minimum absolute atomic E-state index is 0.165. The lowest BCUT2D eigenvalue weighted by molar-refractivity contribution is 0.284. The predicted octanol–water partition coefficient (Wildman–Crippen LogP) is 3.65. The van der Waals surface area contributed by atoms with Gasteiger partial charge in [-0.2, -0.15) is 8.42 Å². The molecule has 2 aromatic rings. The monoisotopic (exact) mass is 347 g/mol. The lowest BCUT2D eigenvalue weighted by Gasteiger charge is -2.23. The molecule has 0 aromatic heterocycles.